The van der Waals surface area contributed by atoms with Gasteiger partial charge in [0.25, 0.3) is 0 Å². The van der Waals surface area contributed by atoms with Gasteiger partial charge in [-0.3, -0.25) is 4.39 Å². The van der Waals surface area contributed by atoms with Crippen LogP contribution in [0, 0.1) is 0 Å². The number of amidine groups is 1. The minimum absolute atomic E-state index is 0.143. The molecule has 0 spiro atoms. The van der Waals surface area contributed by atoms with Crippen molar-refractivity contribution in [3.05, 3.63) is 0 Å². The van der Waals surface area contributed by atoms with E-state index in [-0.39, 0.29) is 12.5 Å². The fourth-order valence-corrected chi connectivity index (χ4v) is 2.26. The number of rotatable bonds is 6. The average Bonchev–Trinajstić information content (AvgIpc) is 2.37. The van der Waals surface area contributed by atoms with E-state index >= 15 is 0 Å². The van der Waals surface area contributed by atoms with Crippen LogP contribution in [0.5, 0.6) is 0 Å². The van der Waals surface area contributed by atoms with Crippen molar-refractivity contribution in [1.29, 1.82) is 0 Å². The molecule has 100 valence electrons. The van der Waals surface area contributed by atoms with Gasteiger partial charge in [-0.2, -0.15) is 0 Å². The third-order valence-electron chi connectivity index (χ3n) is 3.27. The zero-order chi connectivity index (χ0) is 12.7. The summed E-state index contributed by atoms with van der Waals surface area (Å²) in [6.07, 6.45) is 1.93. The summed E-state index contributed by atoms with van der Waals surface area (Å²) < 4.78 is 17.7. The van der Waals surface area contributed by atoms with Crippen LogP contribution in [-0.4, -0.2) is 54.5 Å². The Labute approximate surface area is 101 Å². The largest absolute Gasteiger partial charge is 0.409 e. The monoisotopic (exact) mass is 247 g/mol. The lowest BCUT2D eigenvalue weighted by Gasteiger charge is -2.40. The highest BCUT2D eigenvalue weighted by Gasteiger charge is 2.39. The smallest absolute Gasteiger partial charge is 0.171 e. The third-order valence-corrected chi connectivity index (χ3v) is 3.27. The number of nitrogens with two attached hydrogens (primary N) is 1. The number of hydrogen-bond acceptors (Lipinski definition) is 4. The van der Waals surface area contributed by atoms with Crippen molar-refractivity contribution >= 4 is 5.84 Å². The van der Waals surface area contributed by atoms with Crippen molar-refractivity contribution in [2.24, 2.45) is 10.9 Å². The molecule has 0 atom stereocenters. The maximum absolute atomic E-state index is 12.1. The lowest BCUT2D eigenvalue weighted by atomic mass is 9.89. The molecule has 3 N–H and O–H groups in total. The number of likely N-dealkylation sites (tertiary alicyclic amines) is 1. The SMILES string of the molecule is CCOC1(C(N)=NO)CCN(CCCF)CC1. The van der Waals surface area contributed by atoms with E-state index in [0.29, 0.717) is 25.9 Å². The number of hydrogen-bond donors (Lipinski definition) is 2. The normalized spacial score (nSPS) is 21.6. The third kappa shape index (κ3) is 3.54. The Morgan fingerprint density at radius 2 is 2.18 bits per heavy atom. The van der Waals surface area contributed by atoms with Crippen LogP contribution >= 0.6 is 0 Å². The van der Waals surface area contributed by atoms with Gasteiger partial charge in [-0.15, -0.1) is 0 Å². The van der Waals surface area contributed by atoms with Crippen molar-refractivity contribution in [1.82, 2.24) is 4.90 Å². The molecule has 0 unspecified atom stereocenters. The first-order valence-electron chi connectivity index (χ1n) is 6.09. The minimum Gasteiger partial charge on any atom is -0.409 e. The molecule has 1 saturated heterocycles. The number of halogens is 1. The number of piperidine rings is 1. The van der Waals surface area contributed by atoms with Gasteiger partial charge < -0.3 is 20.6 Å². The summed E-state index contributed by atoms with van der Waals surface area (Å²) in [7, 11) is 0. The van der Waals surface area contributed by atoms with E-state index in [1.807, 2.05) is 6.92 Å². The predicted molar refractivity (Wildman–Crippen MR) is 64.0 cm³/mol. The van der Waals surface area contributed by atoms with Crippen molar-refractivity contribution in [2.75, 3.05) is 32.9 Å². The highest BCUT2D eigenvalue weighted by Crippen LogP contribution is 2.26. The van der Waals surface area contributed by atoms with Gasteiger partial charge in [0.1, 0.15) is 5.60 Å². The van der Waals surface area contributed by atoms with Gasteiger partial charge in [0.15, 0.2) is 5.84 Å². The molecule has 0 amide bonds. The first-order chi connectivity index (χ1) is 8.18. The standard InChI is InChI=1S/C11H22FN3O2/c1-2-17-11(10(13)14-16)4-8-15(9-5-11)7-3-6-12/h16H,2-9H2,1H3,(H2,13,14). The summed E-state index contributed by atoms with van der Waals surface area (Å²) in [5.74, 6) is 0.143. The Kier molecular flexibility index (Phi) is 5.64. The van der Waals surface area contributed by atoms with E-state index in [1.165, 1.54) is 0 Å². The number of nitrogens with zero attached hydrogens (tertiary/aromatic N) is 2. The van der Waals surface area contributed by atoms with E-state index in [0.717, 1.165) is 19.6 Å². The van der Waals surface area contributed by atoms with Crippen molar-refractivity contribution < 1.29 is 14.3 Å². The molecule has 0 bridgehead atoms. The highest BCUT2D eigenvalue weighted by molar-refractivity contribution is 5.88. The van der Waals surface area contributed by atoms with Gasteiger partial charge in [0, 0.05) is 26.2 Å². The summed E-state index contributed by atoms with van der Waals surface area (Å²) in [5.41, 5.74) is 5.07. The molecule has 0 aromatic carbocycles. The topological polar surface area (TPSA) is 71.1 Å². The van der Waals surface area contributed by atoms with Crippen LogP contribution in [-0.2, 0) is 4.74 Å². The van der Waals surface area contributed by atoms with Gasteiger partial charge in [-0.25, -0.2) is 0 Å². The zero-order valence-electron chi connectivity index (χ0n) is 10.4. The average molecular weight is 247 g/mol. The fourth-order valence-electron chi connectivity index (χ4n) is 2.26. The molecule has 0 aliphatic carbocycles. The van der Waals surface area contributed by atoms with Crippen LogP contribution in [0.1, 0.15) is 26.2 Å². The molecule has 0 aromatic heterocycles. The van der Waals surface area contributed by atoms with Crippen LogP contribution in [0.4, 0.5) is 4.39 Å². The maximum atomic E-state index is 12.1. The highest BCUT2D eigenvalue weighted by atomic mass is 19.1. The van der Waals surface area contributed by atoms with Crippen LogP contribution in [0.2, 0.25) is 0 Å². The lowest BCUT2D eigenvalue weighted by molar-refractivity contribution is -0.0322. The summed E-state index contributed by atoms with van der Waals surface area (Å²) >= 11 is 0. The number of ether oxygens (including phenoxy) is 1. The van der Waals surface area contributed by atoms with E-state index in [9.17, 15) is 4.39 Å². The van der Waals surface area contributed by atoms with Crippen LogP contribution in [0.15, 0.2) is 5.16 Å². The Bertz CT molecular complexity index is 253. The molecule has 0 aromatic rings. The molecule has 1 fully saturated rings. The number of alkyl halides is 1. The summed E-state index contributed by atoms with van der Waals surface area (Å²) in [6.45, 7) is 4.47. The molecule has 1 aliphatic heterocycles. The van der Waals surface area contributed by atoms with Gasteiger partial charge >= 0.3 is 0 Å². The predicted octanol–water partition coefficient (Wildman–Crippen LogP) is 0.963. The van der Waals surface area contributed by atoms with Gasteiger partial charge in [0.2, 0.25) is 0 Å². The van der Waals surface area contributed by atoms with E-state index in [2.05, 4.69) is 10.1 Å². The molecule has 1 aliphatic rings. The molecule has 17 heavy (non-hydrogen) atoms. The van der Waals surface area contributed by atoms with E-state index in [4.69, 9.17) is 15.7 Å². The van der Waals surface area contributed by atoms with Crippen LogP contribution in [0.25, 0.3) is 0 Å². The Morgan fingerprint density at radius 3 is 2.65 bits per heavy atom. The quantitative estimate of drug-likeness (QED) is 0.317. The molecule has 0 radical (unpaired) electrons. The summed E-state index contributed by atoms with van der Waals surface area (Å²) in [5, 5.41) is 11.9. The summed E-state index contributed by atoms with van der Waals surface area (Å²) in [4.78, 5) is 2.18. The van der Waals surface area contributed by atoms with Crippen molar-refractivity contribution in [3.8, 4) is 0 Å². The Morgan fingerprint density at radius 1 is 1.53 bits per heavy atom. The number of oxime groups is 1. The van der Waals surface area contributed by atoms with Crippen LogP contribution in [0.3, 0.4) is 0 Å². The minimum atomic E-state index is -0.643. The molecule has 0 saturated carbocycles. The molecule has 1 heterocycles. The molecular formula is C11H22FN3O2. The second-order valence-electron chi connectivity index (χ2n) is 4.30. The first-order valence-corrected chi connectivity index (χ1v) is 6.09. The molecule has 5 nitrogen and oxygen atoms in total. The second-order valence-corrected chi connectivity index (χ2v) is 4.30. The van der Waals surface area contributed by atoms with Crippen LogP contribution < -0.4 is 5.73 Å². The molecule has 6 heteroatoms. The van der Waals surface area contributed by atoms with E-state index in [1.54, 1.807) is 0 Å². The first kappa shape index (κ1) is 14.2. The van der Waals surface area contributed by atoms with Gasteiger partial charge in [-0.1, -0.05) is 5.16 Å². The van der Waals surface area contributed by atoms with E-state index < -0.39 is 5.60 Å². The van der Waals surface area contributed by atoms with Gasteiger partial charge in [-0.05, 0) is 26.2 Å². The Hall–Kier alpha value is -0.880. The van der Waals surface area contributed by atoms with Crippen molar-refractivity contribution in [3.63, 3.8) is 0 Å². The lowest BCUT2D eigenvalue weighted by Crippen LogP contribution is -2.54. The zero-order valence-corrected chi connectivity index (χ0v) is 10.4. The molecule has 1 rings (SSSR count). The Balaban J connectivity index is 2.55. The summed E-state index contributed by atoms with van der Waals surface area (Å²) in [6, 6.07) is 0. The van der Waals surface area contributed by atoms with Crippen molar-refractivity contribution in [2.45, 2.75) is 31.8 Å². The fraction of sp³-hybridized carbons (Fsp3) is 0.909. The maximum Gasteiger partial charge on any atom is 0.171 e. The molecular weight excluding hydrogens is 225 g/mol. The second kappa shape index (κ2) is 6.76. The van der Waals surface area contributed by atoms with Gasteiger partial charge in [0.05, 0.1) is 6.67 Å².